The monoisotopic (exact) mass is 440 g/mol. The zero-order valence-electron chi connectivity index (χ0n) is 17.1. The molecule has 2 N–H and O–H groups in total. The van der Waals surface area contributed by atoms with Gasteiger partial charge < -0.3 is 10.2 Å². The number of halogens is 1. The fraction of sp³-hybridized carbons (Fsp3) is 0.286. The minimum absolute atomic E-state index is 0.0992. The summed E-state index contributed by atoms with van der Waals surface area (Å²) in [5.74, 6) is -0.371. The van der Waals surface area contributed by atoms with E-state index in [1.54, 1.807) is 42.2 Å². The number of amides is 2. The molecule has 1 atom stereocenters. The van der Waals surface area contributed by atoms with Crippen LogP contribution in [0.25, 0.3) is 5.95 Å². The van der Waals surface area contributed by atoms with Gasteiger partial charge in [0.25, 0.3) is 5.56 Å². The van der Waals surface area contributed by atoms with Crippen molar-refractivity contribution >= 4 is 34.9 Å². The van der Waals surface area contributed by atoms with Crippen LogP contribution in [0.4, 0.5) is 11.5 Å². The molecule has 1 fully saturated rings. The van der Waals surface area contributed by atoms with Crippen molar-refractivity contribution in [3.05, 3.63) is 63.2 Å². The van der Waals surface area contributed by atoms with E-state index < -0.39 is 5.92 Å². The topological polar surface area (TPSA) is 113 Å². The van der Waals surface area contributed by atoms with Crippen LogP contribution in [0.2, 0.25) is 5.02 Å². The van der Waals surface area contributed by atoms with E-state index in [0.717, 1.165) is 0 Å². The summed E-state index contributed by atoms with van der Waals surface area (Å²) in [6.07, 6.45) is 0.686. The van der Waals surface area contributed by atoms with E-state index in [4.69, 9.17) is 11.6 Å². The van der Waals surface area contributed by atoms with Crippen LogP contribution in [-0.2, 0) is 16.0 Å². The maximum absolute atomic E-state index is 12.9. The molecular weight excluding hydrogens is 420 g/mol. The first-order valence-electron chi connectivity index (χ1n) is 9.88. The molecule has 0 unspecified atom stereocenters. The number of H-pyrrole nitrogens is 1. The summed E-state index contributed by atoms with van der Waals surface area (Å²) in [5.41, 5.74) is 1.66. The summed E-state index contributed by atoms with van der Waals surface area (Å²) in [6, 6.07) is 10.0. The number of aryl methyl sites for hydroxylation is 2. The molecule has 1 saturated heterocycles. The molecule has 4 rings (SSSR count). The molecule has 1 aliphatic rings. The van der Waals surface area contributed by atoms with Gasteiger partial charge in [0.05, 0.1) is 11.6 Å². The van der Waals surface area contributed by atoms with Crippen LogP contribution in [0, 0.1) is 12.8 Å². The van der Waals surface area contributed by atoms with Crippen molar-refractivity contribution in [2.45, 2.75) is 26.7 Å². The van der Waals surface area contributed by atoms with Crippen molar-refractivity contribution in [3.8, 4) is 5.95 Å². The third-order valence-corrected chi connectivity index (χ3v) is 5.31. The van der Waals surface area contributed by atoms with Gasteiger partial charge in [-0.15, -0.1) is 0 Å². The molecule has 9 nitrogen and oxygen atoms in total. The lowest BCUT2D eigenvalue weighted by Gasteiger charge is -2.17. The summed E-state index contributed by atoms with van der Waals surface area (Å²) < 4.78 is 1.39. The van der Waals surface area contributed by atoms with Gasteiger partial charge in [-0.2, -0.15) is 9.78 Å². The second kappa shape index (κ2) is 8.35. The number of nitrogens with zero attached hydrogens (tertiary/aromatic N) is 4. The Bertz CT molecular complexity index is 1200. The van der Waals surface area contributed by atoms with Gasteiger partial charge in [0.1, 0.15) is 5.82 Å². The lowest BCUT2D eigenvalue weighted by Crippen LogP contribution is -2.28. The fourth-order valence-corrected chi connectivity index (χ4v) is 3.63. The zero-order chi connectivity index (χ0) is 22.1. The number of hydrogen-bond acceptors (Lipinski definition) is 5. The Labute approximate surface area is 183 Å². The maximum Gasteiger partial charge on any atom is 0.252 e. The summed E-state index contributed by atoms with van der Waals surface area (Å²) in [6.45, 7) is 3.93. The Balaban J connectivity index is 1.55. The molecule has 0 saturated carbocycles. The SMILES string of the molecule is CCc1cc(=O)[nH]c(-n2nc(C)cc2NC(=O)[C@@H]2CC(=O)N(c3ccc(Cl)cc3)C2)n1. The Morgan fingerprint density at radius 1 is 1.26 bits per heavy atom. The second-order valence-corrected chi connectivity index (χ2v) is 7.80. The molecule has 1 aromatic carbocycles. The quantitative estimate of drug-likeness (QED) is 0.632. The summed E-state index contributed by atoms with van der Waals surface area (Å²) >= 11 is 5.92. The average molecular weight is 441 g/mol. The molecule has 10 heteroatoms. The number of anilines is 2. The maximum atomic E-state index is 12.9. The van der Waals surface area contributed by atoms with Gasteiger partial charge in [-0.25, -0.2) is 4.98 Å². The first kappa shape index (κ1) is 20.8. The molecule has 31 heavy (non-hydrogen) atoms. The van der Waals surface area contributed by atoms with E-state index in [-0.39, 0.29) is 36.3 Å². The van der Waals surface area contributed by atoms with E-state index >= 15 is 0 Å². The third kappa shape index (κ3) is 4.36. The van der Waals surface area contributed by atoms with Crippen LogP contribution in [0.15, 0.2) is 41.2 Å². The normalized spacial score (nSPS) is 16.0. The van der Waals surface area contributed by atoms with Crippen molar-refractivity contribution in [2.75, 3.05) is 16.8 Å². The molecule has 1 aliphatic heterocycles. The van der Waals surface area contributed by atoms with Gasteiger partial charge in [0.2, 0.25) is 17.8 Å². The smallest absolute Gasteiger partial charge is 0.252 e. The van der Waals surface area contributed by atoms with Gasteiger partial charge in [-0.05, 0) is 37.6 Å². The molecule has 0 aliphatic carbocycles. The van der Waals surface area contributed by atoms with Gasteiger partial charge in [-0.3, -0.25) is 19.4 Å². The van der Waals surface area contributed by atoms with E-state index in [9.17, 15) is 14.4 Å². The number of aromatic nitrogens is 4. The summed E-state index contributed by atoms with van der Waals surface area (Å²) in [4.78, 5) is 46.0. The van der Waals surface area contributed by atoms with E-state index in [2.05, 4.69) is 20.4 Å². The molecule has 3 aromatic rings. The Kier molecular flexibility index (Phi) is 5.60. The largest absolute Gasteiger partial charge is 0.312 e. The van der Waals surface area contributed by atoms with Crippen molar-refractivity contribution in [3.63, 3.8) is 0 Å². The number of hydrogen-bond donors (Lipinski definition) is 2. The molecular formula is C21H21ClN6O3. The van der Waals surface area contributed by atoms with Crippen LogP contribution >= 0.6 is 11.6 Å². The zero-order valence-corrected chi connectivity index (χ0v) is 17.8. The minimum Gasteiger partial charge on any atom is -0.312 e. The van der Waals surface area contributed by atoms with Crippen molar-refractivity contribution in [1.82, 2.24) is 19.7 Å². The van der Waals surface area contributed by atoms with E-state index in [1.807, 2.05) is 6.92 Å². The summed E-state index contributed by atoms with van der Waals surface area (Å²) in [7, 11) is 0. The van der Waals surface area contributed by atoms with Crippen molar-refractivity contribution in [2.24, 2.45) is 5.92 Å². The molecule has 2 amide bonds. The number of aromatic amines is 1. The number of benzene rings is 1. The van der Waals surface area contributed by atoms with Crippen molar-refractivity contribution in [1.29, 1.82) is 0 Å². The second-order valence-electron chi connectivity index (χ2n) is 7.37. The molecule has 0 radical (unpaired) electrons. The molecule has 2 aromatic heterocycles. The predicted molar refractivity (Wildman–Crippen MR) is 117 cm³/mol. The predicted octanol–water partition coefficient (Wildman–Crippen LogP) is 2.47. The van der Waals surface area contributed by atoms with Gasteiger partial charge in [-0.1, -0.05) is 18.5 Å². The first-order chi connectivity index (χ1) is 14.8. The third-order valence-electron chi connectivity index (χ3n) is 5.06. The van der Waals surface area contributed by atoms with E-state index in [0.29, 0.717) is 34.3 Å². The standard InChI is InChI=1S/C21H21ClN6O3/c1-3-15-10-18(29)25-21(23-15)28-17(8-12(2)26-28)24-20(31)13-9-19(30)27(11-13)16-6-4-14(22)5-7-16/h4-8,10,13H,3,9,11H2,1-2H3,(H,24,31)(H,23,25,29)/t13-/m1/s1. The number of rotatable bonds is 5. The highest BCUT2D eigenvalue weighted by Gasteiger charge is 2.35. The Morgan fingerprint density at radius 2 is 2.00 bits per heavy atom. The lowest BCUT2D eigenvalue weighted by molar-refractivity contribution is -0.122. The molecule has 0 spiro atoms. The van der Waals surface area contributed by atoms with Crippen LogP contribution in [-0.4, -0.2) is 38.1 Å². The number of nitrogens with one attached hydrogen (secondary N) is 2. The lowest BCUT2D eigenvalue weighted by atomic mass is 10.1. The molecule has 160 valence electrons. The van der Waals surface area contributed by atoms with Crippen LogP contribution < -0.4 is 15.8 Å². The number of carbonyl (C=O) groups is 2. The highest BCUT2D eigenvalue weighted by atomic mass is 35.5. The Hall–Kier alpha value is -3.46. The van der Waals surface area contributed by atoms with Crippen LogP contribution in [0.5, 0.6) is 0 Å². The van der Waals surface area contributed by atoms with Crippen LogP contribution in [0.3, 0.4) is 0 Å². The van der Waals surface area contributed by atoms with Gasteiger partial charge in [0, 0.05) is 41.5 Å². The highest BCUT2D eigenvalue weighted by Crippen LogP contribution is 2.27. The summed E-state index contributed by atoms with van der Waals surface area (Å²) in [5, 5.41) is 7.75. The number of carbonyl (C=O) groups excluding carboxylic acids is 2. The minimum atomic E-state index is -0.527. The van der Waals surface area contributed by atoms with Gasteiger partial charge >= 0.3 is 0 Å². The fourth-order valence-electron chi connectivity index (χ4n) is 3.51. The van der Waals surface area contributed by atoms with E-state index in [1.165, 1.54) is 10.7 Å². The van der Waals surface area contributed by atoms with Crippen molar-refractivity contribution < 1.29 is 9.59 Å². The average Bonchev–Trinajstić information content (AvgIpc) is 3.30. The van der Waals surface area contributed by atoms with Crippen LogP contribution in [0.1, 0.15) is 24.7 Å². The molecule has 3 heterocycles. The Morgan fingerprint density at radius 3 is 2.71 bits per heavy atom. The highest BCUT2D eigenvalue weighted by molar-refractivity contribution is 6.30. The molecule has 0 bridgehead atoms. The first-order valence-corrected chi connectivity index (χ1v) is 10.3. The van der Waals surface area contributed by atoms with Gasteiger partial charge in [0.15, 0.2) is 0 Å².